The number of pyridine rings is 1. The molecule has 7 rings (SSSR count). The highest BCUT2D eigenvalue weighted by Gasteiger charge is 2.61. The molecule has 4 heterocycles. The summed E-state index contributed by atoms with van der Waals surface area (Å²) in [7, 11) is 1.60. The molecule has 3 amide bonds. The van der Waals surface area contributed by atoms with Crippen molar-refractivity contribution in [3.63, 3.8) is 0 Å². The van der Waals surface area contributed by atoms with E-state index in [0.29, 0.717) is 41.2 Å². The molecular weight excluding hydrogens is 737 g/mol. The second kappa shape index (κ2) is 16.7. The Morgan fingerprint density at radius 1 is 1.04 bits per heavy atom. The molecule has 300 valence electrons. The lowest BCUT2D eigenvalue weighted by Gasteiger charge is -2.29. The minimum Gasteiger partial charge on any atom is -0.496 e. The molecule has 15 heteroatoms. The molecule has 5 atom stereocenters. The van der Waals surface area contributed by atoms with Crippen LogP contribution >= 0.6 is 11.3 Å². The van der Waals surface area contributed by atoms with Crippen molar-refractivity contribution in [1.82, 2.24) is 25.5 Å². The van der Waals surface area contributed by atoms with Crippen LogP contribution in [0.1, 0.15) is 90.0 Å². The van der Waals surface area contributed by atoms with Gasteiger partial charge in [-0.25, -0.2) is 19.6 Å². The average Bonchev–Trinajstić information content (AvgIpc) is 3.59. The van der Waals surface area contributed by atoms with E-state index in [1.54, 1.807) is 7.11 Å². The Morgan fingerprint density at radius 2 is 1.82 bits per heavy atom. The van der Waals surface area contributed by atoms with E-state index >= 15 is 0 Å². The van der Waals surface area contributed by atoms with Gasteiger partial charge in [0.1, 0.15) is 47.0 Å². The summed E-state index contributed by atoms with van der Waals surface area (Å²) in [5.74, 6) is -1.32. The maximum absolute atomic E-state index is 14.6. The van der Waals surface area contributed by atoms with Crippen LogP contribution in [-0.2, 0) is 19.1 Å². The van der Waals surface area contributed by atoms with Gasteiger partial charge < -0.3 is 40.2 Å². The fourth-order valence-corrected chi connectivity index (χ4v) is 9.05. The standard InChI is InChI=1S/C41H52N6O8S/c1-23(2)42-39-44-31(22-56-39)30-19-34(28-16-17-33(53-4)24(3)35(28)43-30)54-27-18-32-36(48)46-41(38(50)51)20-25(41)12-8-6-5-7-9-15-29(37(49)47(32)21-27)45-40(52)55-26-13-10-11-14-26/h8,12,16-17,19,22-23,25-27,29,32H,5-7,9-11,13-15,18,20-21H2,1-4H3,(H,42,44)(H,45,52)(H,46,48)(H,50,51)/b12-8-/t25-,27+,29-,32-,41+/m0/s1. The third kappa shape index (κ3) is 8.42. The number of hydrogen-bond acceptors (Lipinski definition) is 11. The number of rotatable bonds is 9. The number of fused-ring (bicyclic) bond motifs is 3. The Kier molecular flexibility index (Phi) is 11.7. The number of aryl methyl sites for hydroxylation is 1. The van der Waals surface area contributed by atoms with E-state index in [0.717, 1.165) is 61.0 Å². The van der Waals surface area contributed by atoms with Gasteiger partial charge in [0.2, 0.25) is 11.8 Å². The highest BCUT2D eigenvalue weighted by atomic mass is 32.1. The molecule has 4 aliphatic rings. The predicted octanol–water partition coefficient (Wildman–Crippen LogP) is 6.36. The number of carbonyl (C=O) groups is 4. The number of allylic oxidation sites excluding steroid dienone is 1. The molecule has 0 spiro atoms. The molecule has 2 aromatic heterocycles. The van der Waals surface area contributed by atoms with E-state index in [2.05, 4.69) is 16.0 Å². The van der Waals surface area contributed by atoms with Crippen LogP contribution in [0.15, 0.2) is 35.7 Å². The zero-order chi connectivity index (χ0) is 39.6. The van der Waals surface area contributed by atoms with Crippen LogP contribution in [-0.4, -0.2) is 93.4 Å². The summed E-state index contributed by atoms with van der Waals surface area (Å²) in [5.41, 5.74) is 1.26. The number of amides is 3. The number of aliphatic carboxylic acids is 1. The molecule has 0 unspecified atom stereocenters. The Labute approximate surface area is 330 Å². The second-order valence-electron chi connectivity index (χ2n) is 15.8. The van der Waals surface area contributed by atoms with Crippen molar-refractivity contribution < 1.29 is 38.5 Å². The second-order valence-corrected chi connectivity index (χ2v) is 16.6. The normalized spacial score (nSPS) is 26.4. The van der Waals surface area contributed by atoms with E-state index in [1.807, 2.05) is 56.5 Å². The average molecular weight is 789 g/mol. The number of carbonyl (C=O) groups excluding carboxylic acids is 3. The van der Waals surface area contributed by atoms with Gasteiger partial charge in [-0.05, 0) is 84.3 Å². The predicted molar refractivity (Wildman–Crippen MR) is 212 cm³/mol. The molecule has 2 aliphatic heterocycles. The summed E-state index contributed by atoms with van der Waals surface area (Å²) >= 11 is 1.47. The quantitative estimate of drug-likeness (QED) is 0.177. The van der Waals surface area contributed by atoms with Crippen LogP contribution in [0.4, 0.5) is 9.93 Å². The number of aromatic nitrogens is 2. The lowest BCUT2D eigenvalue weighted by atomic mass is 10.0. The zero-order valence-electron chi connectivity index (χ0n) is 32.5. The minimum atomic E-state index is -1.45. The van der Waals surface area contributed by atoms with Crippen molar-refractivity contribution in [2.75, 3.05) is 19.0 Å². The van der Waals surface area contributed by atoms with Gasteiger partial charge in [-0.1, -0.05) is 25.0 Å². The van der Waals surface area contributed by atoms with Crippen molar-refractivity contribution in [3.8, 4) is 22.9 Å². The van der Waals surface area contributed by atoms with E-state index in [9.17, 15) is 24.3 Å². The smallest absolute Gasteiger partial charge is 0.408 e. The molecular formula is C41H52N6O8S. The van der Waals surface area contributed by atoms with Crippen molar-refractivity contribution in [2.24, 2.45) is 5.92 Å². The van der Waals surface area contributed by atoms with Gasteiger partial charge in [0.05, 0.1) is 24.9 Å². The van der Waals surface area contributed by atoms with Crippen LogP contribution in [0.2, 0.25) is 0 Å². The lowest BCUT2D eigenvalue weighted by molar-refractivity contribution is -0.145. The van der Waals surface area contributed by atoms with Gasteiger partial charge in [0, 0.05) is 40.8 Å². The van der Waals surface area contributed by atoms with Gasteiger partial charge >= 0.3 is 12.1 Å². The van der Waals surface area contributed by atoms with Crippen LogP contribution in [0.25, 0.3) is 22.3 Å². The number of anilines is 1. The van der Waals surface area contributed by atoms with Crippen LogP contribution < -0.4 is 25.4 Å². The first-order valence-corrected chi connectivity index (χ1v) is 20.7. The van der Waals surface area contributed by atoms with Crippen LogP contribution in [0, 0.1) is 12.8 Å². The Balaban J connectivity index is 1.22. The van der Waals surface area contributed by atoms with Crippen LogP contribution in [0.5, 0.6) is 11.5 Å². The van der Waals surface area contributed by atoms with Gasteiger partial charge in [-0.2, -0.15) is 0 Å². The maximum Gasteiger partial charge on any atom is 0.408 e. The molecule has 1 saturated heterocycles. The number of nitrogens with one attached hydrogen (secondary N) is 3. The van der Waals surface area contributed by atoms with Crippen molar-refractivity contribution in [2.45, 2.75) is 127 Å². The minimum absolute atomic E-state index is 0.0314. The third-order valence-electron chi connectivity index (χ3n) is 11.3. The number of thiazole rings is 1. The molecule has 0 radical (unpaired) electrons. The molecule has 1 aromatic carbocycles. The topological polar surface area (TPSA) is 181 Å². The molecule has 0 bridgehead atoms. The molecule has 4 N–H and O–H groups in total. The number of alkyl carbamates (subject to hydrolysis) is 1. The van der Waals surface area contributed by atoms with Gasteiger partial charge in [-0.15, -0.1) is 11.3 Å². The van der Waals surface area contributed by atoms with Crippen molar-refractivity contribution in [3.05, 3.63) is 41.3 Å². The Hall–Kier alpha value is -4.92. The highest BCUT2D eigenvalue weighted by molar-refractivity contribution is 7.14. The van der Waals surface area contributed by atoms with Crippen molar-refractivity contribution >= 4 is 51.2 Å². The summed E-state index contributed by atoms with van der Waals surface area (Å²) in [6, 6.07) is 3.75. The maximum atomic E-state index is 14.6. The Morgan fingerprint density at radius 3 is 2.57 bits per heavy atom. The molecule has 3 aromatic rings. The first-order valence-electron chi connectivity index (χ1n) is 19.8. The molecule has 2 aliphatic carbocycles. The van der Waals surface area contributed by atoms with E-state index in [4.69, 9.17) is 24.2 Å². The SMILES string of the molecule is COc1ccc2c(O[C@@H]3C[C@H]4C(=O)N[C@]5(C(=O)O)C[C@@H]5/C=C\CCCCC[C@H](NC(=O)OC5CCCC5)C(=O)N4C3)cc(-c3csc(NC(C)C)n3)nc2c1C. The first-order chi connectivity index (χ1) is 26.9. The lowest BCUT2D eigenvalue weighted by Crippen LogP contribution is -2.56. The molecule has 2 saturated carbocycles. The number of ether oxygens (including phenoxy) is 3. The highest BCUT2D eigenvalue weighted by Crippen LogP contribution is 2.46. The largest absolute Gasteiger partial charge is 0.496 e. The molecule has 56 heavy (non-hydrogen) atoms. The molecule has 14 nitrogen and oxygen atoms in total. The van der Waals surface area contributed by atoms with E-state index in [1.165, 1.54) is 16.2 Å². The van der Waals surface area contributed by atoms with Gasteiger partial charge in [-0.3, -0.25) is 9.59 Å². The van der Waals surface area contributed by atoms with Crippen LogP contribution in [0.3, 0.4) is 0 Å². The monoisotopic (exact) mass is 788 g/mol. The van der Waals surface area contributed by atoms with Crippen molar-refractivity contribution in [1.29, 1.82) is 0 Å². The van der Waals surface area contributed by atoms with E-state index < -0.39 is 47.6 Å². The number of nitrogens with zero attached hydrogens (tertiary/aromatic N) is 3. The van der Waals surface area contributed by atoms with E-state index in [-0.39, 0.29) is 37.5 Å². The summed E-state index contributed by atoms with van der Waals surface area (Å²) in [4.78, 5) is 65.8. The number of hydrogen-bond donors (Lipinski definition) is 4. The van der Waals surface area contributed by atoms with Gasteiger partial charge in [0.25, 0.3) is 0 Å². The molecule has 3 fully saturated rings. The van der Waals surface area contributed by atoms with Gasteiger partial charge in [0.15, 0.2) is 5.13 Å². The zero-order valence-corrected chi connectivity index (χ0v) is 33.3. The number of carboxylic acids is 1. The number of benzene rings is 1. The fraction of sp³-hybridized carbons (Fsp3) is 0.561. The summed E-state index contributed by atoms with van der Waals surface area (Å²) in [6.45, 7) is 6.04. The number of methoxy groups -OCH3 is 1. The summed E-state index contributed by atoms with van der Waals surface area (Å²) in [6.07, 6.45) is 9.71. The first kappa shape index (κ1) is 39.3. The Bertz CT molecular complexity index is 2000. The summed E-state index contributed by atoms with van der Waals surface area (Å²) in [5, 5.41) is 22.7. The third-order valence-corrected chi connectivity index (χ3v) is 12.1. The fourth-order valence-electron chi connectivity index (χ4n) is 8.19. The number of carboxylic acid groups (broad SMARTS) is 1. The summed E-state index contributed by atoms with van der Waals surface area (Å²) < 4.78 is 18.1.